The van der Waals surface area contributed by atoms with Gasteiger partial charge in [0.05, 0.1) is 23.7 Å². The molecule has 2 fully saturated rings. The molecule has 1 unspecified atom stereocenters. The normalized spacial score (nSPS) is 18.7. The van der Waals surface area contributed by atoms with Gasteiger partial charge in [0, 0.05) is 92.7 Å². The molecule has 4 aliphatic rings. The van der Waals surface area contributed by atoms with E-state index in [-0.39, 0.29) is 53.0 Å². The summed E-state index contributed by atoms with van der Waals surface area (Å²) in [7, 11) is 1.78. The van der Waals surface area contributed by atoms with Crippen LogP contribution in [-0.4, -0.2) is 91.9 Å². The maximum Gasteiger partial charge on any atom is 0.264 e. The molecule has 2 N–H and O–H groups in total. The monoisotopic (exact) mass is 753 g/mol. The molecule has 5 amide bonds. The number of rotatable bonds is 8. The van der Waals surface area contributed by atoms with Gasteiger partial charge in [0.2, 0.25) is 23.7 Å². The van der Waals surface area contributed by atoms with E-state index in [0.717, 1.165) is 29.0 Å². The van der Waals surface area contributed by atoms with Crippen molar-refractivity contribution in [3.63, 3.8) is 0 Å². The van der Waals surface area contributed by atoms with E-state index < -0.39 is 36.1 Å². The summed E-state index contributed by atoms with van der Waals surface area (Å²) >= 11 is 0. The minimum Gasteiger partial charge on any atom is -0.381 e. The summed E-state index contributed by atoms with van der Waals surface area (Å²) in [6.45, 7) is 3.77. The van der Waals surface area contributed by atoms with Crippen LogP contribution >= 0.6 is 0 Å². The second kappa shape index (κ2) is 14.3. The number of hydrogen-bond donors (Lipinski definition) is 2. The molecule has 0 spiro atoms. The van der Waals surface area contributed by atoms with Crippen molar-refractivity contribution in [2.45, 2.75) is 64.1 Å². The zero-order valence-corrected chi connectivity index (χ0v) is 30.1. The molecule has 8 rings (SSSR count). The van der Waals surface area contributed by atoms with Crippen LogP contribution in [0.4, 0.5) is 31.9 Å². The molecular formula is C38H37F2N9O6. The predicted molar refractivity (Wildman–Crippen MR) is 193 cm³/mol. The van der Waals surface area contributed by atoms with Crippen LogP contribution in [0.25, 0.3) is 11.1 Å². The third kappa shape index (κ3) is 6.57. The van der Waals surface area contributed by atoms with Gasteiger partial charge >= 0.3 is 0 Å². The molecule has 17 heteroatoms. The zero-order valence-electron chi connectivity index (χ0n) is 30.1. The summed E-state index contributed by atoms with van der Waals surface area (Å²) in [6.07, 6.45) is 2.32. The maximum atomic E-state index is 14.7. The Labute approximate surface area is 313 Å². The van der Waals surface area contributed by atoms with E-state index in [1.54, 1.807) is 35.0 Å². The number of alkyl halides is 2. The fraction of sp³-hybridized carbons (Fsp3) is 0.368. The largest absolute Gasteiger partial charge is 0.381 e. The molecule has 2 aromatic heterocycles. The van der Waals surface area contributed by atoms with Gasteiger partial charge in [0.1, 0.15) is 6.04 Å². The number of benzene rings is 2. The minimum atomic E-state index is -2.82. The van der Waals surface area contributed by atoms with Gasteiger partial charge in [-0.2, -0.15) is 5.10 Å². The summed E-state index contributed by atoms with van der Waals surface area (Å²) in [5, 5.41) is 10.2. The molecule has 2 aromatic carbocycles. The lowest BCUT2D eigenvalue weighted by Crippen LogP contribution is -2.54. The van der Waals surface area contributed by atoms with E-state index in [4.69, 9.17) is 9.84 Å². The van der Waals surface area contributed by atoms with Crippen molar-refractivity contribution in [1.29, 1.82) is 0 Å². The standard InChI is InChI=1S/C38H37F2N9O6/c1-20(50)47-12-9-30-29(19-47)34(45-49(30)23-10-13-55-14-11-23)46(2)24-4-6-25(27(16-24)33(39)40)21-17-41-38(42-18-21)43-22-3-5-26-28(15-22)37(54)48(36(26)53)31-7-8-32(51)44-35(31)52/h3-6,15-18,23,31,33H,7-14,19H2,1-2H3,(H,41,42,43)(H,44,51,52). The molecule has 6 heterocycles. The first-order valence-corrected chi connectivity index (χ1v) is 18.0. The molecule has 4 aliphatic heterocycles. The highest BCUT2D eigenvalue weighted by molar-refractivity contribution is 6.23. The number of anilines is 4. The van der Waals surface area contributed by atoms with Crippen LogP contribution in [0.2, 0.25) is 0 Å². The number of fused-ring (bicyclic) bond motifs is 2. The highest BCUT2D eigenvalue weighted by atomic mass is 19.3. The Kier molecular flexibility index (Phi) is 9.32. The number of carbonyl (C=O) groups is 5. The second-order valence-corrected chi connectivity index (χ2v) is 14.0. The van der Waals surface area contributed by atoms with E-state index in [1.165, 1.54) is 37.5 Å². The first kappa shape index (κ1) is 35.9. The van der Waals surface area contributed by atoms with Crippen LogP contribution in [0.15, 0.2) is 48.8 Å². The Morgan fingerprint density at radius 3 is 2.40 bits per heavy atom. The van der Waals surface area contributed by atoms with Gasteiger partial charge in [-0.05, 0) is 55.2 Å². The molecule has 0 radical (unpaired) electrons. The smallest absolute Gasteiger partial charge is 0.264 e. The number of nitrogens with zero attached hydrogens (tertiary/aromatic N) is 7. The van der Waals surface area contributed by atoms with E-state index in [9.17, 15) is 32.8 Å². The van der Waals surface area contributed by atoms with Crippen molar-refractivity contribution in [2.24, 2.45) is 0 Å². The molecule has 55 heavy (non-hydrogen) atoms. The fourth-order valence-electron chi connectivity index (χ4n) is 7.73. The van der Waals surface area contributed by atoms with Crippen LogP contribution in [0.5, 0.6) is 0 Å². The number of ether oxygens (including phenoxy) is 1. The highest BCUT2D eigenvalue weighted by Gasteiger charge is 2.44. The van der Waals surface area contributed by atoms with Crippen molar-refractivity contribution in [3.8, 4) is 11.1 Å². The summed E-state index contributed by atoms with van der Waals surface area (Å²) in [6, 6.07) is 8.28. The topological polar surface area (TPSA) is 172 Å². The number of imide groups is 2. The highest BCUT2D eigenvalue weighted by Crippen LogP contribution is 2.39. The van der Waals surface area contributed by atoms with Gasteiger partial charge in [-0.1, -0.05) is 6.07 Å². The maximum absolute atomic E-state index is 14.7. The van der Waals surface area contributed by atoms with E-state index in [1.807, 2.05) is 4.68 Å². The summed E-state index contributed by atoms with van der Waals surface area (Å²) in [4.78, 5) is 75.7. The van der Waals surface area contributed by atoms with Gasteiger partial charge in [-0.15, -0.1) is 0 Å². The lowest BCUT2D eigenvalue weighted by Gasteiger charge is -2.29. The first-order chi connectivity index (χ1) is 26.5. The number of carbonyl (C=O) groups excluding carboxylic acids is 5. The third-order valence-electron chi connectivity index (χ3n) is 10.7. The summed E-state index contributed by atoms with van der Waals surface area (Å²) in [5.41, 5.74) is 3.40. The second-order valence-electron chi connectivity index (χ2n) is 14.0. The van der Waals surface area contributed by atoms with Gasteiger partial charge < -0.3 is 19.9 Å². The summed E-state index contributed by atoms with van der Waals surface area (Å²) in [5.74, 6) is -1.76. The van der Waals surface area contributed by atoms with Gasteiger partial charge in [-0.3, -0.25) is 38.9 Å². The molecule has 0 saturated carbocycles. The molecule has 1 atom stereocenters. The van der Waals surface area contributed by atoms with Crippen molar-refractivity contribution < 1.29 is 37.5 Å². The lowest BCUT2D eigenvalue weighted by molar-refractivity contribution is -0.136. The van der Waals surface area contributed by atoms with Crippen molar-refractivity contribution in [2.75, 3.05) is 37.0 Å². The molecule has 15 nitrogen and oxygen atoms in total. The minimum absolute atomic E-state index is 0.0109. The predicted octanol–water partition coefficient (Wildman–Crippen LogP) is 4.45. The molecule has 0 bridgehead atoms. The van der Waals surface area contributed by atoms with Gasteiger partial charge in [-0.25, -0.2) is 18.7 Å². The van der Waals surface area contributed by atoms with E-state index in [2.05, 4.69) is 20.6 Å². The number of aromatic nitrogens is 4. The zero-order chi connectivity index (χ0) is 38.5. The number of halogens is 2. The molecule has 284 valence electrons. The average molecular weight is 754 g/mol. The Morgan fingerprint density at radius 1 is 0.964 bits per heavy atom. The Balaban J connectivity index is 1.02. The number of amides is 5. The Morgan fingerprint density at radius 2 is 1.69 bits per heavy atom. The molecule has 4 aromatic rings. The van der Waals surface area contributed by atoms with Gasteiger partial charge in [0.25, 0.3) is 18.2 Å². The van der Waals surface area contributed by atoms with Crippen molar-refractivity contribution >= 4 is 52.7 Å². The SMILES string of the molecule is CC(=O)N1CCc2c(c(N(C)c3ccc(-c4cnc(Nc5ccc6c(c5)C(=O)N(C5CCC(=O)NC5=O)C6=O)nc4)c(C(F)F)c3)nn2C2CCOCC2)C1. The van der Waals surface area contributed by atoms with E-state index >= 15 is 0 Å². The lowest BCUT2D eigenvalue weighted by atomic mass is 10.0. The van der Waals surface area contributed by atoms with E-state index in [0.29, 0.717) is 55.5 Å². The quantitative estimate of drug-likeness (QED) is 0.244. The first-order valence-electron chi connectivity index (χ1n) is 18.0. The molecule has 2 saturated heterocycles. The number of hydrogen-bond acceptors (Lipinski definition) is 11. The number of piperidine rings is 1. The van der Waals surface area contributed by atoms with Gasteiger partial charge in [0.15, 0.2) is 5.82 Å². The fourth-order valence-corrected chi connectivity index (χ4v) is 7.73. The summed E-state index contributed by atoms with van der Waals surface area (Å²) < 4.78 is 37.0. The molecular weight excluding hydrogens is 716 g/mol. The molecule has 0 aliphatic carbocycles. The van der Waals surface area contributed by atoms with Crippen LogP contribution in [0.3, 0.4) is 0 Å². The van der Waals surface area contributed by atoms with Crippen LogP contribution in [0, 0.1) is 0 Å². The van der Waals surface area contributed by atoms with Crippen LogP contribution in [0.1, 0.15) is 82.6 Å². The third-order valence-corrected chi connectivity index (χ3v) is 10.7. The number of nitrogens with one attached hydrogen (secondary N) is 2. The van der Waals surface area contributed by atoms with Crippen molar-refractivity contribution in [1.82, 2.24) is 34.9 Å². The Hall–Kier alpha value is -6.10. The van der Waals surface area contributed by atoms with Crippen LogP contribution in [-0.2, 0) is 32.1 Å². The van der Waals surface area contributed by atoms with Crippen molar-refractivity contribution in [3.05, 3.63) is 76.7 Å². The Bertz CT molecular complexity index is 2240. The van der Waals surface area contributed by atoms with Crippen LogP contribution < -0.4 is 15.5 Å². The average Bonchev–Trinajstić information content (AvgIpc) is 3.68.